The Hall–Kier alpha value is -0.300. The first-order valence-electron chi connectivity index (χ1n) is 3.38. The van der Waals surface area contributed by atoms with Gasteiger partial charge in [0.25, 0.3) is 0 Å². The fourth-order valence-electron chi connectivity index (χ4n) is 0.866. The van der Waals surface area contributed by atoms with Crippen molar-refractivity contribution in [3.8, 4) is 0 Å². The average molecular weight is 140 g/mol. The van der Waals surface area contributed by atoms with Gasteiger partial charge in [0.2, 0.25) is 0 Å². The maximum absolute atomic E-state index is 2.23. The Labute approximate surface area is 60.5 Å². The number of hydrogen-bond donors (Lipinski definition) is 0. The topological polar surface area (TPSA) is 0 Å². The molecule has 1 aromatic heterocycles. The SMILES string of the molecule is CCCc1ccc(C)s1. The van der Waals surface area contributed by atoms with E-state index in [1.165, 1.54) is 22.6 Å². The number of rotatable bonds is 2. The van der Waals surface area contributed by atoms with Crippen LogP contribution in [-0.4, -0.2) is 0 Å². The highest BCUT2D eigenvalue weighted by Gasteiger charge is 1.92. The standard InChI is InChI=1S/C8H12S/c1-3-4-8-6-5-7(2)9-8/h5-6H,3-4H2,1-2H3. The molecule has 0 aromatic carbocycles. The summed E-state index contributed by atoms with van der Waals surface area (Å²) in [5.41, 5.74) is 0. The maximum atomic E-state index is 2.23. The Bertz CT molecular complexity index is 176. The summed E-state index contributed by atoms with van der Waals surface area (Å²) in [7, 11) is 0. The minimum Gasteiger partial charge on any atom is -0.146 e. The van der Waals surface area contributed by atoms with Crippen LogP contribution in [0.5, 0.6) is 0 Å². The summed E-state index contributed by atoms with van der Waals surface area (Å²) in [5.74, 6) is 0. The van der Waals surface area contributed by atoms with Crippen molar-refractivity contribution in [1.82, 2.24) is 0 Å². The van der Waals surface area contributed by atoms with Crippen LogP contribution in [0.15, 0.2) is 12.1 Å². The lowest BCUT2D eigenvalue weighted by molar-refractivity contribution is 0.940. The van der Waals surface area contributed by atoms with E-state index in [4.69, 9.17) is 0 Å². The summed E-state index contributed by atoms with van der Waals surface area (Å²) in [5, 5.41) is 0. The molecule has 1 rings (SSSR count). The number of thiophene rings is 1. The van der Waals surface area contributed by atoms with Crippen LogP contribution in [0.2, 0.25) is 0 Å². The van der Waals surface area contributed by atoms with Crippen LogP contribution < -0.4 is 0 Å². The van der Waals surface area contributed by atoms with Crippen molar-refractivity contribution < 1.29 is 0 Å². The van der Waals surface area contributed by atoms with Gasteiger partial charge in [-0.05, 0) is 25.5 Å². The normalized spacial score (nSPS) is 10.0. The summed E-state index contributed by atoms with van der Waals surface area (Å²) in [4.78, 5) is 2.95. The third-order valence-electron chi connectivity index (χ3n) is 1.29. The smallest absolute Gasteiger partial charge is 0.00479 e. The molecule has 0 amide bonds. The number of hydrogen-bond acceptors (Lipinski definition) is 1. The molecule has 0 spiro atoms. The van der Waals surface area contributed by atoms with Crippen LogP contribution in [0.1, 0.15) is 23.1 Å². The molecule has 0 saturated heterocycles. The summed E-state index contributed by atoms with van der Waals surface area (Å²) >= 11 is 1.91. The van der Waals surface area contributed by atoms with Crippen molar-refractivity contribution in [2.45, 2.75) is 26.7 Å². The first kappa shape index (κ1) is 6.81. The first-order valence-corrected chi connectivity index (χ1v) is 4.20. The highest BCUT2D eigenvalue weighted by atomic mass is 32.1. The summed E-state index contributed by atoms with van der Waals surface area (Å²) in [6.07, 6.45) is 2.51. The quantitative estimate of drug-likeness (QED) is 0.592. The van der Waals surface area contributed by atoms with E-state index in [0.29, 0.717) is 0 Å². The fraction of sp³-hybridized carbons (Fsp3) is 0.500. The second-order valence-electron chi connectivity index (χ2n) is 2.26. The predicted octanol–water partition coefficient (Wildman–Crippen LogP) is 3.01. The minimum absolute atomic E-state index is 1.25. The molecule has 0 aliphatic carbocycles. The maximum Gasteiger partial charge on any atom is 0.00479 e. The van der Waals surface area contributed by atoms with Crippen molar-refractivity contribution in [3.63, 3.8) is 0 Å². The molecule has 1 heterocycles. The highest BCUT2D eigenvalue weighted by molar-refractivity contribution is 7.11. The van der Waals surface area contributed by atoms with E-state index in [9.17, 15) is 0 Å². The molecule has 1 aromatic rings. The van der Waals surface area contributed by atoms with E-state index in [0.717, 1.165) is 0 Å². The zero-order valence-electron chi connectivity index (χ0n) is 5.98. The molecule has 0 radical (unpaired) electrons. The molecule has 0 saturated carbocycles. The van der Waals surface area contributed by atoms with E-state index in [-0.39, 0.29) is 0 Å². The molecular formula is C8H12S. The molecule has 0 fully saturated rings. The first-order chi connectivity index (χ1) is 4.33. The van der Waals surface area contributed by atoms with Gasteiger partial charge in [0.1, 0.15) is 0 Å². The van der Waals surface area contributed by atoms with Gasteiger partial charge in [0, 0.05) is 9.75 Å². The Morgan fingerprint density at radius 1 is 1.44 bits per heavy atom. The van der Waals surface area contributed by atoms with Crippen LogP contribution in [0.25, 0.3) is 0 Å². The average Bonchev–Trinajstić information content (AvgIpc) is 2.17. The van der Waals surface area contributed by atoms with E-state index in [2.05, 4.69) is 26.0 Å². The van der Waals surface area contributed by atoms with Crippen molar-refractivity contribution in [2.24, 2.45) is 0 Å². The van der Waals surface area contributed by atoms with Crippen molar-refractivity contribution in [2.75, 3.05) is 0 Å². The van der Waals surface area contributed by atoms with E-state index in [1.807, 2.05) is 11.3 Å². The Morgan fingerprint density at radius 3 is 2.67 bits per heavy atom. The Balaban J connectivity index is 2.61. The summed E-state index contributed by atoms with van der Waals surface area (Å²) in [6, 6.07) is 4.42. The zero-order valence-corrected chi connectivity index (χ0v) is 6.79. The third-order valence-corrected chi connectivity index (χ3v) is 2.35. The van der Waals surface area contributed by atoms with E-state index in [1.54, 1.807) is 0 Å². The lowest BCUT2D eigenvalue weighted by atomic mass is 10.3. The van der Waals surface area contributed by atoms with Crippen LogP contribution in [0.4, 0.5) is 0 Å². The van der Waals surface area contributed by atoms with Gasteiger partial charge in [-0.3, -0.25) is 0 Å². The van der Waals surface area contributed by atoms with Crippen LogP contribution in [-0.2, 0) is 6.42 Å². The van der Waals surface area contributed by atoms with Gasteiger partial charge < -0.3 is 0 Å². The van der Waals surface area contributed by atoms with E-state index < -0.39 is 0 Å². The summed E-state index contributed by atoms with van der Waals surface area (Å²) in [6.45, 7) is 4.37. The molecule has 0 nitrogen and oxygen atoms in total. The van der Waals surface area contributed by atoms with E-state index >= 15 is 0 Å². The molecular weight excluding hydrogens is 128 g/mol. The van der Waals surface area contributed by atoms with Gasteiger partial charge in [-0.1, -0.05) is 13.3 Å². The molecule has 0 atom stereocenters. The molecule has 0 aliphatic heterocycles. The van der Waals surface area contributed by atoms with Gasteiger partial charge in [-0.2, -0.15) is 0 Å². The lowest BCUT2D eigenvalue weighted by Crippen LogP contribution is -1.71. The number of aryl methyl sites for hydroxylation is 2. The predicted molar refractivity (Wildman–Crippen MR) is 43.1 cm³/mol. The molecule has 0 unspecified atom stereocenters. The van der Waals surface area contributed by atoms with Gasteiger partial charge >= 0.3 is 0 Å². The summed E-state index contributed by atoms with van der Waals surface area (Å²) < 4.78 is 0. The zero-order chi connectivity index (χ0) is 6.69. The lowest BCUT2D eigenvalue weighted by Gasteiger charge is -1.86. The van der Waals surface area contributed by atoms with Crippen molar-refractivity contribution in [1.29, 1.82) is 0 Å². The highest BCUT2D eigenvalue weighted by Crippen LogP contribution is 2.15. The molecule has 0 bridgehead atoms. The van der Waals surface area contributed by atoms with Crippen LogP contribution in [0, 0.1) is 6.92 Å². The van der Waals surface area contributed by atoms with Crippen molar-refractivity contribution >= 4 is 11.3 Å². The second kappa shape index (κ2) is 3.02. The van der Waals surface area contributed by atoms with Gasteiger partial charge in [-0.15, -0.1) is 11.3 Å². The third kappa shape index (κ3) is 1.83. The fourth-order valence-corrected chi connectivity index (χ4v) is 1.86. The minimum atomic E-state index is 1.25. The second-order valence-corrected chi connectivity index (χ2v) is 3.63. The molecule has 9 heavy (non-hydrogen) atoms. The van der Waals surface area contributed by atoms with Crippen LogP contribution in [0.3, 0.4) is 0 Å². The van der Waals surface area contributed by atoms with Gasteiger partial charge in [0.05, 0.1) is 0 Å². The molecule has 0 N–H and O–H groups in total. The molecule has 50 valence electrons. The van der Waals surface area contributed by atoms with Crippen molar-refractivity contribution in [3.05, 3.63) is 21.9 Å². The largest absolute Gasteiger partial charge is 0.146 e. The Kier molecular flexibility index (Phi) is 2.29. The van der Waals surface area contributed by atoms with Crippen LogP contribution >= 0.6 is 11.3 Å². The monoisotopic (exact) mass is 140 g/mol. The molecule has 0 aliphatic rings. The Morgan fingerprint density at radius 2 is 2.22 bits per heavy atom. The van der Waals surface area contributed by atoms with Gasteiger partial charge in [-0.25, -0.2) is 0 Å². The van der Waals surface area contributed by atoms with Gasteiger partial charge in [0.15, 0.2) is 0 Å². The molecule has 1 heteroatoms.